The van der Waals surface area contributed by atoms with Gasteiger partial charge in [-0.05, 0) is 56.0 Å². The number of sulfonamides is 1. The van der Waals surface area contributed by atoms with Crippen LogP contribution in [0.25, 0.3) is 0 Å². The Hall–Kier alpha value is -0.820. The zero-order valence-corrected chi connectivity index (χ0v) is 14.0. The van der Waals surface area contributed by atoms with Crippen molar-refractivity contribution < 1.29 is 13.2 Å². The van der Waals surface area contributed by atoms with Crippen LogP contribution in [0, 0.1) is 12.8 Å². The van der Waals surface area contributed by atoms with Crippen molar-refractivity contribution in [1.29, 1.82) is 0 Å². The molecule has 1 aliphatic carbocycles. The summed E-state index contributed by atoms with van der Waals surface area (Å²) >= 11 is 0. The van der Waals surface area contributed by atoms with Crippen molar-refractivity contribution in [2.45, 2.75) is 37.1 Å². The van der Waals surface area contributed by atoms with Crippen LogP contribution in [-0.4, -0.2) is 28.1 Å². The summed E-state index contributed by atoms with van der Waals surface area (Å²) < 4.78 is 32.8. The smallest absolute Gasteiger partial charge is 0.240 e. The van der Waals surface area contributed by atoms with Crippen molar-refractivity contribution in [3.63, 3.8) is 0 Å². The number of halogens is 1. The number of nitrogens with one attached hydrogen (secondary N) is 1. The molecule has 1 fully saturated rings. The van der Waals surface area contributed by atoms with Crippen molar-refractivity contribution in [2.24, 2.45) is 11.7 Å². The largest absolute Gasteiger partial charge is 0.496 e. The zero-order valence-electron chi connectivity index (χ0n) is 12.3. The molecule has 1 aromatic carbocycles. The molecule has 0 bridgehead atoms. The first-order valence-corrected chi connectivity index (χ1v) is 8.33. The van der Waals surface area contributed by atoms with Gasteiger partial charge in [-0.3, -0.25) is 0 Å². The van der Waals surface area contributed by atoms with Gasteiger partial charge >= 0.3 is 0 Å². The van der Waals surface area contributed by atoms with E-state index in [0.717, 1.165) is 24.8 Å². The fraction of sp³-hybridized carbons (Fsp3) is 0.571. The number of benzene rings is 1. The molecule has 5 nitrogen and oxygen atoms in total. The minimum absolute atomic E-state index is 0. The fourth-order valence-electron chi connectivity index (χ4n) is 2.76. The van der Waals surface area contributed by atoms with E-state index < -0.39 is 10.0 Å². The molecule has 3 N–H and O–H groups in total. The monoisotopic (exact) mass is 334 g/mol. The number of hydrogen-bond donors (Lipinski definition) is 2. The molecule has 2 atom stereocenters. The highest BCUT2D eigenvalue weighted by molar-refractivity contribution is 7.89. The van der Waals surface area contributed by atoms with Crippen molar-refractivity contribution in [3.8, 4) is 5.75 Å². The highest BCUT2D eigenvalue weighted by Crippen LogP contribution is 2.27. The molecule has 0 aromatic heterocycles. The third-order valence-electron chi connectivity index (χ3n) is 3.94. The van der Waals surface area contributed by atoms with Crippen LogP contribution in [-0.2, 0) is 10.0 Å². The van der Waals surface area contributed by atoms with E-state index in [-0.39, 0.29) is 29.3 Å². The Morgan fingerprint density at radius 2 is 2.10 bits per heavy atom. The molecule has 21 heavy (non-hydrogen) atoms. The Morgan fingerprint density at radius 1 is 1.38 bits per heavy atom. The second kappa shape index (κ2) is 7.45. The molecule has 0 spiro atoms. The van der Waals surface area contributed by atoms with Crippen LogP contribution in [0.1, 0.15) is 24.8 Å². The molecule has 0 heterocycles. The summed E-state index contributed by atoms with van der Waals surface area (Å²) in [6.07, 6.45) is 2.87. The summed E-state index contributed by atoms with van der Waals surface area (Å²) in [7, 11) is -1.93. The molecular weight excluding hydrogens is 312 g/mol. The van der Waals surface area contributed by atoms with Crippen LogP contribution in [0.3, 0.4) is 0 Å². The van der Waals surface area contributed by atoms with Crippen LogP contribution in [0.4, 0.5) is 0 Å². The number of hydrogen-bond acceptors (Lipinski definition) is 4. The van der Waals surface area contributed by atoms with Gasteiger partial charge in [-0.2, -0.15) is 0 Å². The van der Waals surface area contributed by atoms with E-state index in [1.807, 2.05) is 6.92 Å². The lowest BCUT2D eigenvalue weighted by molar-refractivity contribution is 0.411. The Bertz CT molecular complexity index is 578. The van der Waals surface area contributed by atoms with Crippen molar-refractivity contribution in [2.75, 3.05) is 13.7 Å². The average molecular weight is 335 g/mol. The molecule has 0 saturated heterocycles. The topological polar surface area (TPSA) is 81.4 Å². The quantitative estimate of drug-likeness (QED) is 0.860. The van der Waals surface area contributed by atoms with Gasteiger partial charge in [0.25, 0.3) is 0 Å². The normalized spacial score (nSPS) is 21.9. The van der Waals surface area contributed by atoms with Crippen molar-refractivity contribution >= 4 is 22.4 Å². The molecule has 1 aliphatic rings. The number of methoxy groups -OCH3 is 1. The lowest BCUT2D eigenvalue weighted by Crippen LogP contribution is -2.39. The number of nitrogens with two attached hydrogens (primary N) is 1. The second-order valence-corrected chi connectivity index (χ2v) is 7.00. The minimum atomic E-state index is -3.50. The van der Waals surface area contributed by atoms with E-state index in [2.05, 4.69) is 4.72 Å². The van der Waals surface area contributed by atoms with E-state index in [0.29, 0.717) is 12.3 Å². The summed E-state index contributed by atoms with van der Waals surface area (Å²) in [5.74, 6) is 0.925. The molecule has 1 saturated carbocycles. The van der Waals surface area contributed by atoms with Gasteiger partial charge in [-0.1, -0.05) is 6.42 Å². The highest BCUT2D eigenvalue weighted by atomic mass is 35.5. The standard InChI is InChI=1S/C14H22N2O3S.ClH/c1-10-8-12(6-7-14(10)19-2)20(17,18)16-13-5-3-4-11(13)9-15;/h6-8,11,13,16H,3-5,9,15H2,1-2H3;1H. The van der Waals surface area contributed by atoms with Crippen LogP contribution in [0.15, 0.2) is 23.1 Å². The average Bonchev–Trinajstić information content (AvgIpc) is 2.85. The molecule has 2 unspecified atom stereocenters. The lowest BCUT2D eigenvalue weighted by atomic mass is 10.1. The summed E-state index contributed by atoms with van der Waals surface area (Å²) in [4.78, 5) is 0.276. The van der Waals surface area contributed by atoms with Crippen LogP contribution in [0.5, 0.6) is 5.75 Å². The van der Waals surface area contributed by atoms with Crippen LogP contribution in [0.2, 0.25) is 0 Å². The van der Waals surface area contributed by atoms with Gasteiger partial charge in [0.15, 0.2) is 0 Å². The molecule has 0 radical (unpaired) electrons. The second-order valence-electron chi connectivity index (χ2n) is 5.29. The third kappa shape index (κ3) is 4.10. The van der Waals surface area contributed by atoms with Crippen LogP contribution >= 0.6 is 12.4 Å². The first-order chi connectivity index (χ1) is 9.47. The Kier molecular flexibility index (Phi) is 6.46. The maximum Gasteiger partial charge on any atom is 0.240 e. The summed E-state index contributed by atoms with van der Waals surface area (Å²) in [6, 6.07) is 4.83. The van der Waals surface area contributed by atoms with Gasteiger partial charge in [-0.15, -0.1) is 12.4 Å². The summed E-state index contributed by atoms with van der Waals surface area (Å²) in [5.41, 5.74) is 6.50. The SMILES string of the molecule is COc1ccc(S(=O)(=O)NC2CCCC2CN)cc1C.Cl. The summed E-state index contributed by atoms with van der Waals surface area (Å²) in [5, 5.41) is 0. The number of ether oxygens (including phenoxy) is 1. The maximum absolute atomic E-state index is 12.4. The van der Waals surface area contributed by atoms with Gasteiger partial charge < -0.3 is 10.5 Å². The highest BCUT2D eigenvalue weighted by Gasteiger charge is 2.30. The zero-order chi connectivity index (χ0) is 14.8. The molecule has 0 aliphatic heterocycles. The van der Waals surface area contributed by atoms with Gasteiger partial charge in [0.1, 0.15) is 5.75 Å². The lowest BCUT2D eigenvalue weighted by Gasteiger charge is -2.19. The first kappa shape index (κ1) is 18.2. The van der Waals surface area contributed by atoms with Gasteiger partial charge in [0, 0.05) is 6.04 Å². The van der Waals surface area contributed by atoms with Crippen LogP contribution < -0.4 is 15.2 Å². The van der Waals surface area contributed by atoms with Gasteiger partial charge in [-0.25, -0.2) is 13.1 Å². The van der Waals surface area contributed by atoms with Gasteiger partial charge in [0.2, 0.25) is 10.0 Å². The number of aryl methyl sites for hydroxylation is 1. The van der Waals surface area contributed by atoms with Crippen molar-refractivity contribution in [1.82, 2.24) is 4.72 Å². The Labute approximate surface area is 132 Å². The number of rotatable bonds is 5. The summed E-state index contributed by atoms with van der Waals surface area (Å²) in [6.45, 7) is 2.35. The molecule has 7 heteroatoms. The van der Waals surface area contributed by atoms with E-state index in [4.69, 9.17) is 10.5 Å². The van der Waals surface area contributed by atoms with E-state index in [9.17, 15) is 8.42 Å². The molecular formula is C14H23ClN2O3S. The Morgan fingerprint density at radius 3 is 2.67 bits per heavy atom. The predicted molar refractivity (Wildman–Crippen MR) is 85.5 cm³/mol. The predicted octanol–water partition coefficient (Wildman–Crippen LogP) is 1.83. The Balaban J connectivity index is 0.00000220. The van der Waals surface area contributed by atoms with E-state index in [1.54, 1.807) is 25.3 Å². The molecule has 1 aromatic rings. The van der Waals surface area contributed by atoms with Crippen molar-refractivity contribution in [3.05, 3.63) is 23.8 Å². The minimum Gasteiger partial charge on any atom is -0.496 e. The third-order valence-corrected chi connectivity index (χ3v) is 5.43. The molecule has 120 valence electrons. The van der Waals surface area contributed by atoms with E-state index in [1.165, 1.54) is 0 Å². The molecule has 0 amide bonds. The fourth-order valence-corrected chi connectivity index (χ4v) is 4.18. The maximum atomic E-state index is 12.4. The first-order valence-electron chi connectivity index (χ1n) is 6.85. The van der Waals surface area contributed by atoms with Gasteiger partial charge in [0.05, 0.1) is 12.0 Å². The molecule has 2 rings (SSSR count). The van der Waals surface area contributed by atoms with E-state index >= 15 is 0 Å².